The normalized spacial score (nSPS) is 11.2. The van der Waals surface area contributed by atoms with Gasteiger partial charge in [0.05, 0.1) is 0 Å². The molecule has 2 rings (SSSR count). The number of aryl methyl sites for hydroxylation is 2. The third kappa shape index (κ3) is 0.976. The lowest BCUT2D eigenvalue weighted by Crippen LogP contribution is -1.62. The molecule has 0 saturated heterocycles. The second-order valence-corrected chi connectivity index (χ2v) is 4.12. The molecular formula is C8H7ClOS. The molecule has 3 heteroatoms. The predicted octanol–water partition coefficient (Wildman–Crippen LogP) is 3.76. The molecule has 2 heterocycles. The van der Waals surface area contributed by atoms with Gasteiger partial charge in [-0.3, -0.25) is 0 Å². The van der Waals surface area contributed by atoms with Crippen LogP contribution < -0.4 is 0 Å². The minimum atomic E-state index is 0.520. The van der Waals surface area contributed by atoms with Gasteiger partial charge in [0.2, 0.25) is 0 Å². The molecule has 0 amide bonds. The van der Waals surface area contributed by atoms with E-state index in [4.69, 9.17) is 16.0 Å². The van der Waals surface area contributed by atoms with E-state index in [2.05, 4.69) is 13.0 Å². The topological polar surface area (TPSA) is 13.1 Å². The van der Waals surface area contributed by atoms with Crippen molar-refractivity contribution in [3.8, 4) is 0 Å². The molecule has 11 heavy (non-hydrogen) atoms. The van der Waals surface area contributed by atoms with E-state index < -0.39 is 0 Å². The van der Waals surface area contributed by atoms with Crippen LogP contribution in [0.15, 0.2) is 10.5 Å². The van der Waals surface area contributed by atoms with E-state index in [9.17, 15) is 0 Å². The van der Waals surface area contributed by atoms with Crippen LogP contribution in [0.5, 0.6) is 0 Å². The van der Waals surface area contributed by atoms with Crippen LogP contribution in [0, 0.1) is 13.8 Å². The van der Waals surface area contributed by atoms with Gasteiger partial charge >= 0.3 is 0 Å². The van der Waals surface area contributed by atoms with Gasteiger partial charge in [-0.1, -0.05) is 0 Å². The molecule has 0 fully saturated rings. The first kappa shape index (κ1) is 7.19. The molecule has 0 aliphatic carbocycles. The Labute approximate surface area is 73.6 Å². The monoisotopic (exact) mass is 186 g/mol. The van der Waals surface area contributed by atoms with Gasteiger partial charge in [-0.2, -0.15) is 0 Å². The first-order valence-electron chi connectivity index (χ1n) is 3.33. The molecule has 0 radical (unpaired) electrons. The number of hydrogen-bond donors (Lipinski definition) is 0. The van der Waals surface area contributed by atoms with E-state index in [1.807, 2.05) is 6.92 Å². The zero-order chi connectivity index (χ0) is 8.01. The smallest absolute Gasteiger partial charge is 0.198 e. The van der Waals surface area contributed by atoms with Gasteiger partial charge in [0.15, 0.2) is 10.1 Å². The second kappa shape index (κ2) is 2.26. The van der Waals surface area contributed by atoms with Gasteiger partial charge < -0.3 is 4.42 Å². The molecule has 0 atom stereocenters. The summed E-state index contributed by atoms with van der Waals surface area (Å²) in [6, 6.07) is 2.10. The standard InChI is InChI=1S/C8H7ClOS/c1-4-3-6-5(2)7(9)10-8(6)11-4/h3H,1-2H3. The van der Waals surface area contributed by atoms with Crippen LogP contribution in [0.25, 0.3) is 10.3 Å². The molecule has 2 aromatic rings. The minimum absolute atomic E-state index is 0.520. The summed E-state index contributed by atoms with van der Waals surface area (Å²) in [4.78, 5) is 2.20. The van der Waals surface area contributed by atoms with E-state index >= 15 is 0 Å². The molecule has 0 saturated carbocycles. The third-order valence-electron chi connectivity index (χ3n) is 1.70. The van der Waals surface area contributed by atoms with Gasteiger partial charge in [0, 0.05) is 15.8 Å². The molecule has 2 aromatic heterocycles. The van der Waals surface area contributed by atoms with Crippen molar-refractivity contribution in [2.24, 2.45) is 0 Å². The van der Waals surface area contributed by atoms with Crippen LogP contribution in [0.1, 0.15) is 10.4 Å². The van der Waals surface area contributed by atoms with Crippen molar-refractivity contribution in [1.29, 1.82) is 0 Å². The lowest BCUT2D eigenvalue weighted by atomic mass is 10.3. The highest BCUT2D eigenvalue weighted by Crippen LogP contribution is 2.34. The Hall–Kier alpha value is -0.470. The van der Waals surface area contributed by atoms with Gasteiger partial charge in [-0.05, 0) is 31.5 Å². The summed E-state index contributed by atoms with van der Waals surface area (Å²) in [6.07, 6.45) is 0. The maximum absolute atomic E-state index is 5.79. The molecule has 0 aliphatic rings. The summed E-state index contributed by atoms with van der Waals surface area (Å²) in [5.74, 6) is 0. The summed E-state index contributed by atoms with van der Waals surface area (Å²) >= 11 is 7.42. The molecule has 0 aromatic carbocycles. The highest BCUT2D eigenvalue weighted by Gasteiger charge is 2.09. The minimum Gasteiger partial charge on any atom is -0.434 e. The van der Waals surface area contributed by atoms with Gasteiger partial charge in [0.1, 0.15) is 0 Å². The Bertz CT molecular complexity index is 399. The molecule has 1 nitrogen and oxygen atoms in total. The first-order valence-corrected chi connectivity index (χ1v) is 4.53. The molecule has 0 aliphatic heterocycles. The maximum Gasteiger partial charge on any atom is 0.198 e. The quantitative estimate of drug-likeness (QED) is 0.611. The SMILES string of the molecule is Cc1cc2c(C)c(Cl)oc2s1. The summed E-state index contributed by atoms with van der Waals surface area (Å²) in [6.45, 7) is 4.04. The highest BCUT2D eigenvalue weighted by molar-refractivity contribution is 7.18. The van der Waals surface area contributed by atoms with Crippen molar-refractivity contribution in [3.05, 3.63) is 21.7 Å². The lowest BCUT2D eigenvalue weighted by Gasteiger charge is -1.81. The Morgan fingerprint density at radius 3 is 2.82 bits per heavy atom. The number of thiophene rings is 1. The van der Waals surface area contributed by atoms with Crippen LogP contribution in [0.3, 0.4) is 0 Å². The summed E-state index contributed by atoms with van der Waals surface area (Å²) < 4.78 is 5.30. The number of rotatable bonds is 0. The van der Waals surface area contributed by atoms with Crippen molar-refractivity contribution in [2.75, 3.05) is 0 Å². The van der Waals surface area contributed by atoms with E-state index in [1.165, 1.54) is 4.88 Å². The Kier molecular flexibility index (Phi) is 1.48. The molecule has 0 spiro atoms. The Morgan fingerprint density at radius 1 is 1.45 bits per heavy atom. The summed E-state index contributed by atoms with van der Waals surface area (Å²) in [5.41, 5.74) is 1.05. The van der Waals surface area contributed by atoms with Crippen LogP contribution in [-0.2, 0) is 0 Å². The van der Waals surface area contributed by atoms with Crippen molar-refractivity contribution < 1.29 is 4.42 Å². The van der Waals surface area contributed by atoms with E-state index in [-0.39, 0.29) is 0 Å². The first-order chi connectivity index (χ1) is 5.18. The highest BCUT2D eigenvalue weighted by atomic mass is 35.5. The predicted molar refractivity (Wildman–Crippen MR) is 48.6 cm³/mol. The summed E-state index contributed by atoms with van der Waals surface area (Å²) in [7, 11) is 0. The van der Waals surface area contributed by atoms with Crippen molar-refractivity contribution in [1.82, 2.24) is 0 Å². The lowest BCUT2D eigenvalue weighted by molar-refractivity contribution is 0.623. The maximum atomic E-state index is 5.79. The molecule has 0 N–H and O–H groups in total. The molecule has 0 unspecified atom stereocenters. The van der Waals surface area contributed by atoms with Crippen molar-refractivity contribution in [3.63, 3.8) is 0 Å². The van der Waals surface area contributed by atoms with Crippen molar-refractivity contribution in [2.45, 2.75) is 13.8 Å². The number of furan rings is 1. The molecule has 0 bridgehead atoms. The Balaban J connectivity index is 2.88. The molecule has 58 valence electrons. The Morgan fingerprint density at radius 2 is 2.18 bits per heavy atom. The van der Waals surface area contributed by atoms with Crippen LogP contribution in [0.4, 0.5) is 0 Å². The van der Waals surface area contributed by atoms with E-state index in [1.54, 1.807) is 11.3 Å². The van der Waals surface area contributed by atoms with Crippen LogP contribution >= 0.6 is 22.9 Å². The van der Waals surface area contributed by atoms with Gasteiger partial charge in [-0.25, -0.2) is 0 Å². The number of fused-ring (bicyclic) bond motifs is 1. The largest absolute Gasteiger partial charge is 0.434 e. The number of hydrogen-bond acceptors (Lipinski definition) is 2. The van der Waals surface area contributed by atoms with E-state index in [0.717, 1.165) is 15.8 Å². The molecular weight excluding hydrogens is 180 g/mol. The fourth-order valence-electron chi connectivity index (χ4n) is 1.09. The average Bonchev–Trinajstić information content (AvgIpc) is 2.37. The van der Waals surface area contributed by atoms with Gasteiger partial charge in [0.25, 0.3) is 0 Å². The fraction of sp³-hybridized carbons (Fsp3) is 0.250. The third-order valence-corrected chi connectivity index (χ3v) is 2.99. The van der Waals surface area contributed by atoms with Crippen molar-refractivity contribution >= 4 is 33.2 Å². The summed E-state index contributed by atoms with van der Waals surface area (Å²) in [5, 5.41) is 1.67. The van der Waals surface area contributed by atoms with Crippen LogP contribution in [-0.4, -0.2) is 0 Å². The zero-order valence-electron chi connectivity index (χ0n) is 6.27. The zero-order valence-corrected chi connectivity index (χ0v) is 7.84. The number of halogens is 1. The second-order valence-electron chi connectivity index (χ2n) is 2.56. The average molecular weight is 187 g/mol. The van der Waals surface area contributed by atoms with Gasteiger partial charge in [-0.15, -0.1) is 11.3 Å². The van der Waals surface area contributed by atoms with Crippen LogP contribution in [0.2, 0.25) is 5.22 Å². The fourth-order valence-corrected chi connectivity index (χ4v) is 2.23. The van der Waals surface area contributed by atoms with E-state index in [0.29, 0.717) is 5.22 Å².